The van der Waals surface area contributed by atoms with E-state index < -0.39 is 11.8 Å². The third-order valence-electron chi connectivity index (χ3n) is 5.29. The van der Waals surface area contributed by atoms with Gasteiger partial charge in [-0.15, -0.1) is 0 Å². The van der Waals surface area contributed by atoms with Gasteiger partial charge in [0.25, 0.3) is 5.91 Å². The number of hydrazone groups is 1. The zero-order chi connectivity index (χ0) is 28.2. The minimum absolute atomic E-state index is 0.230. The molecule has 0 bridgehead atoms. The molecule has 0 atom stereocenters. The van der Waals surface area contributed by atoms with E-state index in [4.69, 9.17) is 9.47 Å². The highest BCUT2D eigenvalue weighted by molar-refractivity contribution is 9.10. The highest BCUT2D eigenvalue weighted by Crippen LogP contribution is 2.22. The minimum atomic E-state index is -0.945. The first kappa shape index (κ1) is 29.4. The highest BCUT2D eigenvalue weighted by Gasteiger charge is 2.13. The molecule has 10 heteroatoms. The van der Waals surface area contributed by atoms with Gasteiger partial charge in [-0.2, -0.15) is 5.10 Å². The first-order valence-corrected chi connectivity index (χ1v) is 13.2. The van der Waals surface area contributed by atoms with Gasteiger partial charge in [0.2, 0.25) is 0 Å². The number of nitrogens with zero attached hydrogens (tertiary/aromatic N) is 1. The van der Waals surface area contributed by atoms with Gasteiger partial charge in [0.15, 0.2) is 6.61 Å². The molecule has 3 aromatic carbocycles. The van der Waals surface area contributed by atoms with E-state index in [0.717, 1.165) is 28.4 Å². The number of hydrogen-bond donors (Lipinski definition) is 3. The third-order valence-corrected chi connectivity index (χ3v) is 5.78. The molecule has 3 rings (SSSR count). The Morgan fingerprint density at radius 1 is 0.872 bits per heavy atom. The summed E-state index contributed by atoms with van der Waals surface area (Å²) in [6.45, 7) is 6.38. The molecule has 0 fully saturated rings. The molecular formula is C29H31BrN4O5. The Hall–Kier alpha value is -4.18. The number of carbonyl (C=O) groups excluding carboxylic acids is 3. The lowest BCUT2D eigenvalue weighted by Gasteiger charge is -2.11. The molecule has 0 heterocycles. The lowest BCUT2D eigenvalue weighted by Crippen LogP contribution is -2.32. The standard InChI is InChI=1S/C29H31BrN4O5/c1-4-5-12-38-25-9-7-23(8-10-25)33-28(36)29(37)34-31-17-21-16-22(30)6-11-26(21)39-18-27(35)32-24-14-19(2)13-20(3)15-24/h6-11,13-17H,4-5,12,18H2,1-3H3,(H,32,35)(H,33,36)(H,34,37)/b31-17-. The molecule has 3 amide bonds. The van der Waals surface area contributed by atoms with Crippen LogP contribution in [0.15, 0.2) is 70.2 Å². The second-order valence-electron chi connectivity index (χ2n) is 8.78. The maximum atomic E-state index is 12.4. The number of amides is 3. The molecule has 0 saturated heterocycles. The number of aryl methyl sites for hydroxylation is 2. The number of nitrogens with one attached hydrogen (secondary N) is 3. The Balaban J connectivity index is 1.53. The van der Waals surface area contributed by atoms with Crippen LogP contribution in [-0.4, -0.2) is 37.1 Å². The van der Waals surface area contributed by atoms with Crippen molar-refractivity contribution in [2.75, 3.05) is 23.8 Å². The van der Waals surface area contributed by atoms with Crippen LogP contribution < -0.4 is 25.5 Å². The SMILES string of the molecule is CCCCOc1ccc(NC(=O)C(=O)N/N=C\c2cc(Br)ccc2OCC(=O)Nc2cc(C)cc(C)c2)cc1. The summed E-state index contributed by atoms with van der Waals surface area (Å²) in [5.74, 6) is -1.08. The largest absolute Gasteiger partial charge is 0.494 e. The summed E-state index contributed by atoms with van der Waals surface area (Å²) in [6, 6.07) is 17.6. The number of unbranched alkanes of at least 4 members (excludes halogenated alkanes) is 1. The highest BCUT2D eigenvalue weighted by atomic mass is 79.9. The fourth-order valence-electron chi connectivity index (χ4n) is 3.51. The van der Waals surface area contributed by atoms with Crippen LogP contribution in [0.1, 0.15) is 36.5 Å². The van der Waals surface area contributed by atoms with E-state index in [1.54, 1.807) is 42.5 Å². The van der Waals surface area contributed by atoms with Crippen molar-refractivity contribution in [3.05, 3.63) is 81.8 Å². The number of rotatable bonds is 11. The van der Waals surface area contributed by atoms with E-state index >= 15 is 0 Å². The smallest absolute Gasteiger partial charge is 0.329 e. The van der Waals surface area contributed by atoms with Crippen molar-refractivity contribution in [1.29, 1.82) is 0 Å². The van der Waals surface area contributed by atoms with E-state index in [-0.39, 0.29) is 12.5 Å². The van der Waals surface area contributed by atoms with E-state index in [2.05, 4.69) is 44.0 Å². The van der Waals surface area contributed by atoms with Crippen LogP contribution in [0.5, 0.6) is 11.5 Å². The quantitative estimate of drug-likeness (QED) is 0.120. The summed E-state index contributed by atoms with van der Waals surface area (Å²) in [6.07, 6.45) is 3.32. The molecule has 0 radical (unpaired) electrons. The summed E-state index contributed by atoms with van der Waals surface area (Å²) >= 11 is 3.38. The number of ether oxygens (including phenoxy) is 2. The number of carbonyl (C=O) groups is 3. The van der Waals surface area contributed by atoms with Crippen LogP contribution in [0.3, 0.4) is 0 Å². The van der Waals surface area contributed by atoms with Gasteiger partial charge in [0.05, 0.1) is 12.8 Å². The van der Waals surface area contributed by atoms with Gasteiger partial charge < -0.3 is 20.1 Å². The number of hydrogen-bond acceptors (Lipinski definition) is 6. The Kier molecular flexibility index (Phi) is 11.1. The Labute approximate surface area is 236 Å². The molecule has 0 saturated carbocycles. The zero-order valence-corrected chi connectivity index (χ0v) is 23.6. The van der Waals surface area contributed by atoms with Gasteiger partial charge >= 0.3 is 11.8 Å². The van der Waals surface area contributed by atoms with Crippen molar-refractivity contribution in [3.8, 4) is 11.5 Å². The molecule has 9 nitrogen and oxygen atoms in total. The molecular weight excluding hydrogens is 564 g/mol. The fraction of sp³-hybridized carbons (Fsp3) is 0.241. The van der Waals surface area contributed by atoms with E-state index in [1.807, 2.05) is 32.0 Å². The molecule has 0 unspecified atom stereocenters. The molecule has 0 aliphatic carbocycles. The Morgan fingerprint density at radius 3 is 2.28 bits per heavy atom. The average Bonchev–Trinajstić information content (AvgIpc) is 2.88. The van der Waals surface area contributed by atoms with Crippen LogP contribution >= 0.6 is 15.9 Å². The second-order valence-corrected chi connectivity index (χ2v) is 9.69. The molecule has 0 spiro atoms. The van der Waals surface area contributed by atoms with Gasteiger partial charge in [0.1, 0.15) is 11.5 Å². The third kappa shape index (κ3) is 9.90. The number of anilines is 2. The molecule has 3 aromatic rings. The first-order valence-electron chi connectivity index (χ1n) is 12.4. The predicted octanol–water partition coefficient (Wildman–Crippen LogP) is 5.35. The monoisotopic (exact) mass is 594 g/mol. The van der Waals surface area contributed by atoms with Crippen molar-refractivity contribution in [1.82, 2.24) is 5.43 Å². The van der Waals surface area contributed by atoms with Crippen LogP contribution in [-0.2, 0) is 14.4 Å². The maximum absolute atomic E-state index is 12.4. The van der Waals surface area contributed by atoms with Crippen molar-refractivity contribution >= 4 is 51.2 Å². The van der Waals surface area contributed by atoms with Gasteiger partial charge in [-0.05, 0) is 86.0 Å². The molecule has 0 aromatic heterocycles. The van der Waals surface area contributed by atoms with Crippen molar-refractivity contribution in [3.63, 3.8) is 0 Å². The molecule has 3 N–H and O–H groups in total. The Morgan fingerprint density at radius 2 is 1.59 bits per heavy atom. The predicted molar refractivity (Wildman–Crippen MR) is 155 cm³/mol. The van der Waals surface area contributed by atoms with E-state index in [9.17, 15) is 14.4 Å². The second kappa shape index (κ2) is 14.7. The minimum Gasteiger partial charge on any atom is -0.494 e. The van der Waals surface area contributed by atoms with Gasteiger partial charge in [-0.1, -0.05) is 35.3 Å². The van der Waals surface area contributed by atoms with Crippen molar-refractivity contribution < 1.29 is 23.9 Å². The summed E-state index contributed by atoms with van der Waals surface area (Å²) in [5.41, 5.74) is 5.90. The average molecular weight is 595 g/mol. The van der Waals surface area contributed by atoms with Crippen LogP contribution in [0.25, 0.3) is 0 Å². The van der Waals surface area contributed by atoms with Gasteiger partial charge in [-0.25, -0.2) is 5.43 Å². The van der Waals surface area contributed by atoms with Crippen molar-refractivity contribution in [2.24, 2.45) is 5.10 Å². The molecule has 0 aliphatic rings. The van der Waals surface area contributed by atoms with Crippen LogP contribution in [0.4, 0.5) is 11.4 Å². The van der Waals surface area contributed by atoms with Crippen LogP contribution in [0.2, 0.25) is 0 Å². The Bertz CT molecular complexity index is 1320. The van der Waals surface area contributed by atoms with Gasteiger partial charge in [0, 0.05) is 21.4 Å². The lowest BCUT2D eigenvalue weighted by atomic mass is 10.1. The number of halogens is 1. The molecule has 204 valence electrons. The number of benzene rings is 3. The van der Waals surface area contributed by atoms with E-state index in [1.165, 1.54) is 6.21 Å². The van der Waals surface area contributed by atoms with Crippen LogP contribution in [0, 0.1) is 13.8 Å². The maximum Gasteiger partial charge on any atom is 0.329 e. The van der Waals surface area contributed by atoms with E-state index in [0.29, 0.717) is 35.0 Å². The molecule has 39 heavy (non-hydrogen) atoms. The topological polar surface area (TPSA) is 118 Å². The van der Waals surface area contributed by atoms with Gasteiger partial charge in [-0.3, -0.25) is 14.4 Å². The summed E-state index contributed by atoms with van der Waals surface area (Å²) in [5, 5.41) is 9.19. The normalized spacial score (nSPS) is 10.7. The van der Waals surface area contributed by atoms with Crippen molar-refractivity contribution in [2.45, 2.75) is 33.6 Å². The zero-order valence-electron chi connectivity index (χ0n) is 22.0. The lowest BCUT2D eigenvalue weighted by molar-refractivity contribution is -0.136. The first-order chi connectivity index (χ1) is 18.7. The summed E-state index contributed by atoms with van der Waals surface area (Å²) in [4.78, 5) is 36.9. The summed E-state index contributed by atoms with van der Waals surface area (Å²) in [7, 11) is 0. The fourth-order valence-corrected chi connectivity index (χ4v) is 3.89. The summed E-state index contributed by atoms with van der Waals surface area (Å²) < 4.78 is 12.0. The molecule has 0 aliphatic heterocycles.